The second-order valence-corrected chi connectivity index (χ2v) is 4.86. The lowest BCUT2D eigenvalue weighted by Crippen LogP contribution is -1.94. The molecule has 17 heavy (non-hydrogen) atoms. The summed E-state index contributed by atoms with van der Waals surface area (Å²) in [5, 5.41) is 0.817. The Morgan fingerprint density at radius 3 is 2.24 bits per heavy atom. The molecule has 0 aromatic heterocycles. The summed E-state index contributed by atoms with van der Waals surface area (Å²) in [5.41, 5.74) is 11.5. The van der Waals surface area contributed by atoms with Gasteiger partial charge in [0.2, 0.25) is 0 Å². The van der Waals surface area contributed by atoms with Crippen LogP contribution in [0.3, 0.4) is 0 Å². The molecule has 0 saturated carbocycles. The van der Waals surface area contributed by atoms with Crippen LogP contribution in [0.15, 0.2) is 36.4 Å². The molecule has 2 aromatic rings. The molecule has 88 valence electrons. The van der Waals surface area contributed by atoms with Gasteiger partial charge in [-0.25, -0.2) is 0 Å². The molecule has 0 spiro atoms. The van der Waals surface area contributed by atoms with Crippen molar-refractivity contribution < 1.29 is 0 Å². The normalized spacial score (nSPS) is 10.5. The molecule has 2 N–H and O–H groups in total. The minimum absolute atomic E-state index is 0.817. The SMILES string of the molecule is Cc1ccc(Cc2ccc(Cl)c(C)c2)cc1N. The van der Waals surface area contributed by atoms with Crippen molar-refractivity contribution >= 4 is 17.3 Å². The number of benzene rings is 2. The second-order valence-electron chi connectivity index (χ2n) is 4.45. The van der Waals surface area contributed by atoms with Gasteiger partial charge in [0.05, 0.1) is 0 Å². The molecule has 0 aliphatic heterocycles. The lowest BCUT2D eigenvalue weighted by atomic mass is 10.0. The highest BCUT2D eigenvalue weighted by atomic mass is 35.5. The number of nitrogen functional groups attached to an aromatic ring is 1. The molecule has 1 nitrogen and oxygen atoms in total. The number of rotatable bonds is 2. The van der Waals surface area contributed by atoms with Gasteiger partial charge in [0, 0.05) is 10.7 Å². The van der Waals surface area contributed by atoms with Gasteiger partial charge >= 0.3 is 0 Å². The number of nitrogens with two attached hydrogens (primary N) is 1. The molecule has 0 fully saturated rings. The van der Waals surface area contributed by atoms with Crippen LogP contribution in [0.5, 0.6) is 0 Å². The molecule has 2 heteroatoms. The van der Waals surface area contributed by atoms with Gasteiger partial charge < -0.3 is 5.73 Å². The molecule has 0 radical (unpaired) electrons. The maximum absolute atomic E-state index is 6.01. The Kier molecular flexibility index (Phi) is 3.39. The molecule has 0 amide bonds. The van der Waals surface area contributed by atoms with Gasteiger partial charge in [-0.3, -0.25) is 0 Å². The summed E-state index contributed by atoms with van der Waals surface area (Å²) in [6.07, 6.45) is 0.891. The van der Waals surface area contributed by atoms with Crippen molar-refractivity contribution in [2.45, 2.75) is 20.3 Å². The lowest BCUT2D eigenvalue weighted by molar-refractivity contribution is 1.18. The van der Waals surface area contributed by atoms with Crippen molar-refractivity contribution in [1.82, 2.24) is 0 Å². The molecule has 0 unspecified atom stereocenters. The Bertz CT molecular complexity index is 497. The Morgan fingerprint density at radius 2 is 1.59 bits per heavy atom. The number of hydrogen-bond acceptors (Lipinski definition) is 1. The van der Waals surface area contributed by atoms with Crippen LogP contribution in [-0.4, -0.2) is 0 Å². The third-order valence-corrected chi connectivity index (χ3v) is 3.40. The number of halogens is 1. The first-order valence-electron chi connectivity index (χ1n) is 5.66. The largest absolute Gasteiger partial charge is 0.399 e. The topological polar surface area (TPSA) is 26.0 Å². The highest BCUT2D eigenvalue weighted by Gasteiger charge is 2.01. The van der Waals surface area contributed by atoms with E-state index >= 15 is 0 Å². The van der Waals surface area contributed by atoms with E-state index in [0.29, 0.717) is 0 Å². The van der Waals surface area contributed by atoms with E-state index in [-0.39, 0.29) is 0 Å². The molecule has 0 bridgehead atoms. The number of hydrogen-bond donors (Lipinski definition) is 1. The van der Waals surface area contributed by atoms with Gasteiger partial charge in [-0.15, -0.1) is 0 Å². The Hall–Kier alpha value is -1.47. The summed E-state index contributed by atoms with van der Waals surface area (Å²) in [6.45, 7) is 4.04. The van der Waals surface area contributed by atoms with Crippen molar-refractivity contribution in [1.29, 1.82) is 0 Å². The Labute approximate surface area is 107 Å². The molecule has 0 aliphatic carbocycles. The summed E-state index contributed by atoms with van der Waals surface area (Å²) in [4.78, 5) is 0. The van der Waals surface area contributed by atoms with E-state index in [1.165, 1.54) is 11.1 Å². The molecular weight excluding hydrogens is 230 g/mol. The molecule has 0 atom stereocenters. The number of anilines is 1. The lowest BCUT2D eigenvalue weighted by Gasteiger charge is -2.07. The van der Waals surface area contributed by atoms with E-state index < -0.39 is 0 Å². The van der Waals surface area contributed by atoms with Crippen molar-refractivity contribution in [3.8, 4) is 0 Å². The fourth-order valence-electron chi connectivity index (χ4n) is 1.85. The Morgan fingerprint density at radius 1 is 0.941 bits per heavy atom. The third kappa shape index (κ3) is 2.80. The third-order valence-electron chi connectivity index (χ3n) is 2.97. The maximum Gasteiger partial charge on any atom is 0.0435 e. The highest BCUT2D eigenvalue weighted by Crippen LogP contribution is 2.20. The standard InChI is InChI=1S/C15H16ClN/c1-10-3-4-13(9-15(10)17)8-12-5-6-14(16)11(2)7-12/h3-7,9H,8,17H2,1-2H3. The van der Waals surface area contributed by atoms with E-state index in [2.05, 4.69) is 24.3 Å². The van der Waals surface area contributed by atoms with Crippen LogP contribution in [0, 0.1) is 13.8 Å². The smallest absolute Gasteiger partial charge is 0.0435 e. The fourth-order valence-corrected chi connectivity index (χ4v) is 1.97. The van der Waals surface area contributed by atoms with Gasteiger partial charge in [-0.05, 0) is 54.7 Å². The van der Waals surface area contributed by atoms with Crippen LogP contribution in [0.4, 0.5) is 5.69 Å². The van der Waals surface area contributed by atoms with Crippen LogP contribution in [0.25, 0.3) is 0 Å². The van der Waals surface area contributed by atoms with Gasteiger partial charge in [0.1, 0.15) is 0 Å². The van der Waals surface area contributed by atoms with Crippen LogP contribution >= 0.6 is 11.6 Å². The molecule has 0 saturated heterocycles. The summed E-state index contributed by atoms with van der Waals surface area (Å²) >= 11 is 6.01. The van der Waals surface area contributed by atoms with Crippen molar-refractivity contribution in [2.24, 2.45) is 0 Å². The average molecular weight is 246 g/mol. The zero-order valence-corrected chi connectivity index (χ0v) is 10.9. The monoisotopic (exact) mass is 245 g/mol. The van der Waals surface area contributed by atoms with E-state index in [1.54, 1.807) is 0 Å². The number of aryl methyl sites for hydroxylation is 2. The molecule has 2 rings (SSSR count). The van der Waals surface area contributed by atoms with Crippen LogP contribution in [0.2, 0.25) is 5.02 Å². The highest BCUT2D eigenvalue weighted by molar-refractivity contribution is 6.31. The van der Waals surface area contributed by atoms with Gasteiger partial charge in [-0.2, -0.15) is 0 Å². The first kappa shape index (κ1) is 12.0. The summed E-state index contributed by atoms with van der Waals surface area (Å²) in [7, 11) is 0. The first-order valence-corrected chi connectivity index (χ1v) is 6.04. The van der Waals surface area contributed by atoms with Crippen LogP contribution in [0.1, 0.15) is 22.3 Å². The predicted octanol–water partition coefficient (Wildman–Crippen LogP) is 4.13. The fraction of sp³-hybridized carbons (Fsp3) is 0.200. The van der Waals surface area contributed by atoms with Crippen LogP contribution < -0.4 is 5.73 Å². The second kappa shape index (κ2) is 4.80. The first-order chi connectivity index (χ1) is 8.06. The van der Waals surface area contributed by atoms with Crippen molar-refractivity contribution in [3.05, 3.63) is 63.7 Å². The minimum atomic E-state index is 0.817. The average Bonchev–Trinajstić information content (AvgIpc) is 2.29. The zero-order valence-electron chi connectivity index (χ0n) is 10.1. The summed E-state index contributed by atoms with van der Waals surface area (Å²) in [5.74, 6) is 0. The predicted molar refractivity (Wildman–Crippen MR) is 74.6 cm³/mol. The van der Waals surface area contributed by atoms with E-state index in [9.17, 15) is 0 Å². The summed E-state index contributed by atoms with van der Waals surface area (Å²) < 4.78 is 0. The van der Waals surface area contributed by atoms with Crippen LogP contribution in [-0.2, 0) is 6.42 Å². The van der Waals surface area contributed by atoms with E-state index in [0.717, 1.165) is 28.3 Å². The Balaban J connectivity index is 2.25. The van der Waals surface area contributed by atoms with E-state index in [1.807, 2.05) is 26.0 Å². The molecule has 0 aliphatic rings. The van der Waals surface area contributed by atoms with E-state index in [4.69, 9.17) is 17.3 Å². The van der Waals surface area contributed by atoms with Crippen molar-refractivity contribution in [2.75, 3.05) is 5.73 Å². The molecule has 2 aromatic carbocycles. The van der Waals surface area contributed by atoms with Gasteiger partial charge in [0.15, 0.2) is 0 Å². The van der Waals surface area contributed by atoms with Crippen molar-refractivity contribution in [3.63, 3.8) is 0 Å². The zero-order chi connectivity index (χ0) is 12.4. The minimum Gasteiger partial charge on any atom is -0.399 e. The summed E-state index contributed by atoms with van der Waals surface area (Å²) in [6, 6.07) is 12.4. The van der Waals surface area contributed by atoms with Gasteiger partial charge in [0.25, 0.3) is 0 Å². The molecular formula is C15H16ClN. The van der Waals surface area contributed by atoms with Gasteiger partial charge in [-0.1, -0.05) is 35.9 Å². The molecule has 0 heterocycles. The quantitative estimate of drug-likeness (QED) is 0.791. The maximum atomic E-state index is 6.01.